The summed E-state index contributed by atoms with van der Waals surface area (Å²) >= 11 is 0. The quantitative estimate of drug-likeness (QED) is 0.810. The zero-order chi connectivity index (χ0) is 11.8. The average Bonchev–Trinajstić information content (AvgIpc) is 2.99. The lowest BCUT2D eigenvalue weighted by atomic mass is 10.0. The van der Waals surface area contributed by atoms with Crippen LogP contribution in [0.25, 0.3) is 0 Å². The molecule has 88 valence electrons. The summed E-state index contributed by atoms with van der Waals surface area (Å²) < 4.78 is 10.3. The first-order valence-electron chi connectivity index (χ1n) is 5.31. The molecule has 4 heteroatoms. The van der Waals surface area contributed by atoms with Gasteiger partial charge in [0.05, 0.1) is 14.2 Å². The first-order chi connectivity index (χ1) is 7.58. The largest absolute Gasteiger partial charge is 0.508 e. The van der Waals surface area contributed by atoms with Crippen LogP contribution in [0.4, 0.5) is 0 Å². The zero-order valence-corrected chi connectivity index (χ0v) is 9.62. The van der Waals surface area contributed by atoms with E-state index in [4.69, 9.17) is 15.2 Å². The molecule has 0 heterocycles. The summed E-state index contributed by atoms with van der Waals surface area (Å²) in [5, 5.41) is 9.84. The number of benzene rings is 1. The van der Waals surface area contributed by atoms with Crippen molar-refractivity contribution in [3.63, 3.8) is 0 Å². The standard InChI is InChI=1S/C12H17NO3/c1-15-10-5-8(7-12(13)3-4-12)9(14)6-11(10)16-2/h5-6,14H,3-4,7,13H2,1-2H3. The molecule has 16 heavy (non-hydrogen) atoms. The molecule has 2 rings (SSSR count). The Morgan fingerprint density at radius 1 is 1.25 bits per heavy atom. The molecule has 4 nitrogen and oxygen atoms in total. The van der Waals surface area contributed by atoms with Crippen molar-refractivity contribution in [2.75, 3.05) is 14.2 Å². The number of nitrogens with two attached hydrogens (primary N) is 1. The first kappa shape index (κ1) is 11.1. The van der Waals surface area contributed by atoms with Gasteiger partial charge in [-0.1, -0.05) is 0 Å². The van der Waals surface area contributed by atoms with Crippen LogP contribution in [0.15, 0.2) is 12.1 Å². The second-order valence-electron chi connectivity index (χ2n) is 4.38. The van der Waals surface area contributed by atoms with Crippen molar-refractivity contribution in [2.45, 2.75) is 24.8 Å². The Balaban J connectivity index is 2.30. The summed E-state index contributed by atoms with van der Waals surface area (Å²) in [6.07, 6.45) is 2.71. The van der Waals surface area contributed by atoms with E-state index in [0.717, 1.165) is 18.4 Å². The maximum atomic E-state index is 9.84. The summed E-state index contributed by atoms with van der Waals surface area (Å²) in [4.78, 5) is 0. The predicted octanol–water partition coefficient (Wildman–Crippen LogP) is 1.44. The maximum Gasteiger partial charge on any atom is 0.164 e. The molecule has 0 aliphatic heterocycles. The van der Waals surface area contributed by atoms with Crippen molar-refractivity contribution in [3.05, 3.63) is 17.7 Å². The van der Waals surface area contributed by atoms with E-state index in [1.54, 1.807) is 26.4 Å². The highest BCUT2D eigenvalue weighted by atomic mass is 16.5. The fraction of sp³-hybridized carbons (Fsp3) is 0.500. The molecule has 1 aromatic rings. The second-order valence-corrected chi connectivity index (χ2v) is 4.38. The van der Waals surface area contributed by atoms with Gasteiger partial charge in [-0.25, -0.2) is 0 Å². The van der Waals surface area contributed by atoms with Gasteiger partial charge in [0.1, 0.15) is 5.75 Å². The molecule has 0 radical (unpaired) electrons. The molecule has 0 saturated heterocycles. The van der Waals surface area contributed by atoms with Crippen LogP contribution in [-0.4, -0.2) is 24.9 Å². The smallest absolute Gasteiger partial charge is 0.164 e. The van der Waals surface area contributed by atoms with Crippen molar-refractivity contribution < 1.29 is 14.6 Å². The van der Waals surface area contributed by atoms with Crippen LogP contribution in [0.2, 0.25) is 0 Å². The lowest BCUT2D eigenvalue weighted by Crippen LogP contribution is -2.24. The summed E-state index contributed by atoms with van der Waals surface area (Å²) in [5.74, 6) is 1.37. The normalized spacial score (nSPS) is 16.9. The van der Waals surface area contributed by atoms with Gasteiger partial charge >= 0.3 is 0 Å². The van der Waals surface area contributed by atoms with Crippen LogP contribution in [0.5, 0.6) is 17.2 Å². The lowest BCUT2D eigenvalue weighted by Gasteiger charge is -2.14. The first-order valence-corrected chi connectivity index (χ1v) is 5.31. The molecule has 0 amide bonds. The van der Waals surface area contributed by atoms with E-state index in [1.165, 1.54) is 0 Å². The number of aromatic hydroxyl groups is 1. The van der Waals surface area contributed by atoms with Crippen molar-refractivity contribution in [1.29, 1.82) is 0 Å². The Morgan fingerprint density at radius 3 is 2.31 bits per heavy atom. The van der Waals surface area contributed by atoms with E-state index in [2.05, 4.69) is 0 Å². The van der Waals surface area contributed by atoms with E-state index in [1.807, 2.05) is 0 Å². The molecule has 0 spiro atoms. The minimum absolute atomic E-state index is 0.128. The number of rotatable bonds is 4. The molecule has 1 fully saturated rings. The molecular formula is C12H17NO3. The molecule has 1 aromatic carbocycles. The zero-order valence-electron chi connectivity index (χ0n) is 9.62. The highest BCUT2D eigenvalue weighted by molar-refractivity contribution is 5.50. The van der Waals surface area contributed by atoms with Crippen LogP contribution in [-0.2, 0) is 6.42 Å². The average molecular weight is 223 g/mol. The van der Waals surface area contributed by atoms with Crippen molar-refractivity contribution >= 4 is 0 Å². The maximum absolute atomic E-state index is 9.84. The summed E-state index contributed by atoms with van der Waals surface area (Å²) in [6.45, 7) is 0. The van der Waals surface area contributed by atoms with Gasteiger partial charge in [0.25, 0.3) is 0 Å². The molecule has 0 unspecified atom stereocenters. The molecular weight excluding hydrogens is 206 g/mol. The third-order valence-electron chi connectivity index (χ3n) is 3.02. The Labute approximate surface area is 95.0 Å². The number of hydrogen-bond acceptors (Lipinski definition) is 4. The van der Waals surface area contributed by atoms with Gasteiger partial charge in [-0.15, -0.1) is 0 Å². The number of phenolic OH excluding ortho intramolecular Hbond substituents is 1. The molecule has 3 N–H and O–H groups in total. The topological polar surface area (TPSA) is 64.7 Å². The van der Waals surface area contributed by atoms with Gasteiger partial charge in [-0.2, -0.15) is 0 Å². The number of phenols is 1. The van der Waals surface area contributed by atoms with E-state index in [-0.39, 0.29) is 11.3 Å². The van der Waals surface area contributed by atoms with Crippen LogP contribution in [0, 0.1) is 0 Å². The summed E-state index contributed by atoms with van der Waals surface area (Å²) in [7, 11) is 3.12. The monoisotopic (exact) mass is 223 g/mol. The van der Waals surface area contributed by atoms with Gasteiger partial charge in [0, 0.05) is 11.6 Å². The van der Waals surface area contributed by atoms with Crippen molar-refractivity contribution in [2.24, 2.45) is 5.73 Å². The second kappa shape index (κ2) is 3.87. The molecule has 0 bridgehead atoms. The highest BCUT2D eigenvalue weighted by Crippen LogP contribution is 2.41. The fourth-order valence-electron chi connectivity index (χ4n) is 1.77. The van der Waals surface area contributed by atoms with Crippen LogP contribution < -0.4 is 15.2 Å². The number of hydrogen-bond donors (Lipinski definition) is 2. The van der Waals surface area contributed by atoms with Crippen LogP contribution in [0.3, 0.4) is 0 Å². The van der Waals surface area contributed by atoms with Crippen molar-refractivity contribution in [1.82, 2.24) is 0 Å². The Morgan fingerprint density at radius 2 is 1.81 bits per heavy atom. The SMILES string of the molecule is COc1cc(O)c(CC2(N)CC2)cc1OC. The minimum atomic E-state index is -0.128. The third kappa shape index (κ3) is 2.07. The van der Waals surface area contributed by atoms with Gasteiger partial charge in [-0.3, -0.25) is 0 Å². The minimum Gasteiger partial charge on any atom is -0.508 e. The molecule has 1 aliphatic rings. The molecule has 0 aromatic heterocycles. The van der Waals surface area contributed by atoms with Crippen LogP contribution in [0.1, 0.15) is 18.4 Å². The third-order valence-corrected chi connectivity index (χ3v) is 3.02. The highest BCUT2D eigenvalue weighted by Gasteiger charge is 2.38. The number of methoxy groups -OCH3 is 2. The van der Waals surface area contributed by atoms with E-state index in [9.17, 15) is 5.11 Å². The van der Waals surface area contributed by atoms with Gasteiger partial charge < -0.3 is 20.3 Å². The van der Waals surface area contributed by atoms with E-state index < -0.39 is 0 Å². The summed E-state index contributed by atoms with van der Waals surface area (Å²) in [5.41, 5.74) is 6.72. The summed E-state index contributed by atoms with van der Waals surface area (Å²) in [6, 6.07) is 3.36. The van der Waals surface area contributed by atoms with Gasteiger partial charge in [0.15, 0.2) is 11.5 Å². The molecule has 1 saturated carbocycles. The lowest BCUT2D eigenvalue weighted by molar-refractivity contribution is 0.350. The van der Waals surface area contributed by atoms with E-state index >= 15 is 0 Å². The Hall–Kier alpha value is -1.42. The number of ether oxygens (including phenoxy) is 2. The van der Waals surface area contributed by atoms with Crippen LogP contribution >= 0.6 is 0 Å². The van der Waals surface area contributed by atoms with Gasteiger partial charge in [0.2, 0.25) is 0 Å². The fourth-order valence-corrected chi connectivity index (χ4v) is 1.77. The van der Waals surface area contributed by atoms with Gasteiger partial charge in [-0.05, 0) is 30.9 Å². The molecule has 1 aliphatic carbocycles. The molecule has 0 atom stereocenters. The van der Waals surface area contributed by atoms with Crippen molar-refractivity contribution in [3.8, 4) is 17.2 Å². The predicted molar refractivity (Wildman–Crippen MR) is 61.1 cm³/mol. The Kier molecular flexibility index (Phi) is 2.68. The Bertz CT molecular complexity index is 399. The van der Waals surface area contributed by atoms with E-state index in [0.29, 0.717) is 17.9 Å².